The first-order valence-corrected chi connectivity index (χ1v) is 7.57. The third-order valence-corrected chi connectivity index (χ3v) is 3.93. The van der Waals surface area contributed by atoms with Crippen LogP contribution in [0.25, 0.3) is 0 Å². The van der Waals surface area contributed by atoms with E-state index in [-0.39, 0.29) is 5.91 Å². The highest BCUT2D eigenvalue weighted by atomic mass is 35.5. The molecule has 2 aromatic rings. The monoisotopic (exact) mass is 321 g/mol. The molecule has 4 heteroatoms. The van der Waals surface area contributed by atoms with Gasteiger partial charge in [-0.25, -0.2) is 0 Å². The molecule has 2 aromatic carbocycles. The highest BCUT2D eigenvalue weighted by Gasteiger charge is 2.06. The molecule has 0 radical (unpaired) electrons. The summed E-state index contributed by atoms with van der Waals surface area (Å²) in [5, 5.41) is 4.17. The topological polar surface area (TPSA) is 29.1 Å². The van der Waals surface area contributed by atoms with E-state index in [2.05, 4.69) is 5.32 Å². The fourth-order valence-corrected chi connectivity index (χ4v) is 2.61. The molecule has 0 atom stereocenters. The van der Waals surface area contributed by atoms with Gasteiger partial charge in [0, 0.05) is 16.6 Å². The quantitative estimate of drug-likeness (QED) is 0.878. The van der Waals surface area contributed by atoms with Gasteiger partial charge in [0.25, 0.3) is 0 Å². The normalized spacial score (nSPS) is 10.4. The first-order valence-electron chi connectivity index (χ1n) is 6.81. The molecule has 2 nitrogen and oxygen atoms in total. The Balaban J connectivity index is 1.83. The van der Waals surface area contributed by atoms with Crippen LogP contribution in [0.15, 0.2) is 42.5 Å². The number of amides is 1. The van der Waals surface area contributed by atoms with Crippen molar-refractivity contribution in [2.45, 2.75) is 19.8 Å². The zero-order valence-electron chi connectivity index (χ0n) is 11.8. The Morgan fingerprint density at radius 2 is 1.86 bits per heavy atom. The maximum atomic E-state index is 11.9. The molecule has 21 heavy (non-hydrogen) atoms. The second-order valence-electron chi connectivity index (χ2n) is 4.94. The number of nitrogens with one attached hydrogen (secondary N) is 1. The Labute approximate surface area is 135 Å². The Morgan fingerprint density at radius 3 is 2.57 bits per heavy atom. The van der Waals surface area contributed by atoms with Crippen LogP contribution in [-0.2, 0) is 17.6 Å². The van der Waals surface area contributed by atoms with Crippen molar-refractivity contribution in [3.05, 3.63) is 69.2 Å². The molecule has 0 unspecified atom stereocenters. The van der Waals surface area contributed by atoms with E-state index in [9.17, 15) is 4.79 Å². The van der Waals surface area contributed by atoms with Gasteiger partial charge in [0.05, 0.1) is 6.42 Å². The van der Waals surface area contributed by atoms with Crippen LogP contribution in [0.5, 0.6) is 0 Å². The van der Waals surface area contributed by atoms with Crippen molar-refractivity contribution in [1.82, 2.24) is 5.32 Å². The van der Waals surface area contributed by atoms with Gasteiger partial charge in [-0.1, -0.05) is 53.5 Å². The summed E-state index contributed by atoms with van der Waals surface area (Å²) in [6, 6.07) is 13.3. The van der Waals surface area contributed by atoms with Crippen LogP contribution in [0.4, 0.5) is 0 Å². The van der Waals surface area contributed by atoms with E-state index in [1.54, 1.807) is 12.1 Å². The predicted molar refractivity (Wildman–Crippen MR) is 88.1 cm³/mol. The minimum atomic E-state index is 0.0226. The van der Waals surface area contributed by atoms with Gasteiger partial charge in [-0.3, -0.25) is 4.79 Å². The molecule has 0 aromatic heterocycles. The van der Waals surface area contributed by atoms with Gasteiger partial charge in [-0.2, -0.15) is 0 Å². The fourth-order valence-electron chi connectivity index (χ4n) is 2.10. The smallest absolute Gasteiger partial charge is 0.224 e. The van der Waals surface area contributed by atoms with Gasteiger partial charge in [-0.15, -0.1) is 0 Å². The Hall–Kier alpha value is -1.51. The van der Waals surface area contributed by atoms with Gasteiger partial charge in [-0.05, 0) is 42.2 Å². The molecular weight excluding hydrogens is 305 g/mol. The highest BCUT2D eigenvalue weighted by Crippen LogP contribution is 2.21. The van der Waals surface area contributed by atoms with Crippen molar-refractivity contribution in [3.63, 3.8) is 0 Å². The number of benzene rings is 2. The summed E-state index contributed by atoms with van der Waals surface area (Å²) < 4.78 is 0. The number of aryl methyl sites for hydroxylation is 1. The lowest BCUT2D eigenvalue weighted by Gasteiger charge is -2.08. The van der Waals surface area contributed by atoms with Crippen molar-refractivity contribution in [3.8, 4) is 0 Å². The average molecular weight is 322 g/mol. The van der Waals surface area contributed by atoms with Gasteiger partial charge in [0.15, 0.2) is 0 Å². The molecular formula is C17H17Cl2NO. The predicted octanol–water partition coefficient (Wildman–Crippen LogP) is 4.20. The number of hydrogen-bond donors (Lipinski definition) is 1. The lowest BCUT2D eigenvalue weighted by molar-refractivity contribution is -0.120. The summed E-state index contributed by atoms with van der Waals surface area (Å²) >= 11 is 12.0. The van der Waals surface area contributed by atoms with E-state index < -0.39 is 0 Å². The van der Waals surface area contributed by atoms with Crippen LogP contribution in [0.1, 0.15) is 16.7 Å². The van der Waals surface area contributed by atoms with Gasteiger partial charge >= 0.3 is 0 Å². The van der Waals surface area contributed by atoms with Crippen LogP contribution in [0, 0.1) is 6.92 Å². The van der Waals surface area contributed by atoms with Crippen LogP contribution in [0.2, 0.25) is 10.0 Å². The molecule has 0 spiro atoms. The number of rotatable bonds is 5. The summed E-state index contributed by atoms with van der Waals surface area (Å²) in [7, 11) is 0. The van der Waals surface area contributed by atoms with E-state index in [1.165, 1.54) is 0 Å². The molecule has 0 saturated heterocycles. The molecule has 1 N–H and O–H groups in total. The minimum absolute atomic E-state index is 0.0226. The molecule has 0 saturated carbocycles. The second kappa shape index (κ2) is 7.48. The Bertz CT molecular complexity index is 640. The first-order chi connectivity index (χ1) is 10.1. The lowest BCUT2D eigenvalue weighted by Crippen LogP contribution is -2.27. The SMILES string of the molecule is Cc1ccccc1CC(=O)NCCc1ccc(Cl)cc1Cl. The first kappa shape index (κ1) is 15.9. The Morgan fingerprint density at radius 1 is 1.10 bits per heavy atom. The number of halogens is 2. The second-order valence-corrected chi connectivity index (χ2v) is 5.78. The lowest BCUT2D eigenvalue weighted by atomic mass is 10.1. The summed E-state index contributed by atoms with van der Waals surface area (Å²) in [5.74, 6) is 0.0226. The van der Waals surface area contributed by atoms with Crippen molar-refractivity contribution in [2.24, 2.45) is 0 Å². The van der Waals surface area contributed by atoms with Crippen LogP contribution in [-0.4, -0.2) is 12.5 Å². The molecule has 0 aliphatic carbocycles. The molecule has 110 valence electrons. The van der Waals surface area contributed by atoms with Crippen LogP contribution < -0.4 is 5.32 Å². The van der Waals surface area contributed by atoms with E-state index in [0.29, 0.717) is 29.4 Å². The molecule has 0 heterocycles. The van der Waals surface area contributed by atoms with Crippen LogP contribution in [0.3, 0.4) is 0 Å². The largest absolute Gasteiger partial charge is 0.355 e. The van der Waals surface area contributed by atoms with E-state index in [1.807, 2.05) is 37.3 Å². The molecule has 0 aliphatic rings. The van der Waals surface area contributed by atoms with E-state index >= 15 is 0 Å². The Kier molecular flexibility index (Phi) is 5.66. The minimum Gasteiger partial charge on any atom is -0.355 e. The van der Waals surface area contributed by atoms with Gasteiger partial charge in [0.2, 0.25) is 5.91 Å². The fraction of sp³-hybridized carbons (Fsp3) is 0.235. The molecule has 1 amide bonds. The number of hydrogen-bond acceptors (Lipinski definition) is 1. The average Bonchev–Trinajstić information content (AvgIpc) is 2.44. The number of carbonyl (C=O) groups is 1. The van der Waals surface area contributed by atoms with Gasteiger partial charge in [0.1, 0.15) is 0 Å². The van der Waals surface area contributed by atoms with Crippen molar-refractivity contribution in [2.75, 3.05) is 6.54 Å². The maximum absolute atomic E-state index is 11.9. The third kappa shape index (κ3) is 4.76. The van der Waals surface area contributed by atoms with Crippen molar-refractivity contribution in [1.29, 1.82) is 0 Å². The standard InChI is InChI=1S/C17H17Cl2NO/c1-12-4-2-3-5-14(12)10-17(21)20-9-8-13-6-7-15(18)11-16(13)19/h2-7,11H,8-10H2,1H3,(H,20,21). The molecule has 0 fully saturated rings. The van der Waals surface area contributed by atoms with E-state index in [0.717, 1.165) is 16.7 Å². The zero-order chi connectivity index (χ0) is 15.2. The molecule has 2 rings (SSSR count). The van der Waals surface area contributed by atoms with Crippen molar-refractivity contribution >= 4 is 29.1 Å². The summed E-state index contributed by atoms with van der Waals surface area (Å²) in [6.45, 7) is 2.57. The summed E-state index contributed by atoms with van der Waals surface area (Å²) in [5.41, 5.74) is 3.17. The van der Waals surface area contributed by atoms with E-state index in [4.69, 9.17) is 23.2 Å². The van der Waals surface area contributed by atoms with Gasteiger partial charge < -0.3 is 5.32 Å². The maximum Gasteiger partial charge on any atom is 0.224 e. The zero-order valence-corrected chi connectivity index (χ0v) is 13.3. The number of carbonyl (C=O) groups excluding carboxylic acids is 1. The molecule has 0 bridgehead atoms. The summed E-state index contributed by atoms with van der Waals surface area (Å²) in [4.78, 5) is 11.9. The third-order valence-electron chi connectivity index (χ3n) is 3.34. The van der Waals surface area contributed by atoms with Crippen LogP contribution >= 0.6 is 23.2 Å². The summed E-state index contributed by atoms with van der Waals surface area (Å²) in [6.07, 6.45) is 1.09. The highest BCUT2D eigenvalue weighted by molar-refractivity contribution is 6.35. The van der Waals surface area contributed by atoms with Crippen molar-refractivity contribution < 1.29 is 4.79 Å². The molecule has 0 aliphatic heterocycles.